The number of carboxylic acid groups (broad SMARTS) is 1. The number of hydrogen-bond donors (Lipinski definition) is 3. The lowest BCUT2D eigenvalue weighted by molar-refractivity contribution is 0.153. The third-order valence-electron chi connectivity index (χ3n) is 5.94. The molecular formula is C20H21BrN6O2. The van der Waals surface area contributed by atoms with Crippen LogP contribution in [-0.2, 0) is 6.54 Å². The summed E-state index contributed by atoms with van der Waals surface area (Å²) in [6, 6.07) is 4.15. The van der Waals surface area contributed by atoms with E-state index >= 15 is 0 Å². The molecule has 2 fully saturated rings. The van der Waals surface area contributed by atoms with Gasteiger partial charge in [-0.1, -0.05) is 6.07 Å². The fourth-order valence-corrected chi connectivity index (χ4v) is 5.10. The van der Waals surface area contributed by atoms with Crippen LogP contribution < -0.4 is 10.2 Å². The first-order chi connectivity index (χ1) is 14.1. The molecule has 2 atom stereocenters. The number of H-pyrrole nitrogens is 1. The Morgan fingerprint density at radius 3 is 3.07 bits per heavy atom. The van der Waals surface area contributed by atoms with Gasteiger partial charge in [0, 0.05) is 56.9 Å². The van der Waals surface area contributed by atoms with Crippen molar-refractivity contribution in [2.45, 2.75) is 19.0 Å². The second-order valence-corrected chi connectivity index (χ2v) is 8.45. The van der Waals surface area contributed by atoms with Crippen molar-refractivity contribution in [3.63, 3.8) is 0 Å². The van der Waals surface area contributed by atoms with Gasteiger partial charge in [0.05, 0.1) is 27.3 Å². The summed E-state index contributed by atoms with van der Waals surface area (Å²) in [5, 5.41) is 13.9. The van der Waals surface area contributed by atoms with Crippen molar-refractivity contribution < 1.29 is 9.90 Å². The number of pyridine rings is 2. The van der Waals surface area contributed by atoms with Crippen molar-refractivity contribution in [2.24, 2.45) is 5.92 Å². The average Bonchev–Trinajstić information content (AvgIpc) is 3.42. The first-order valence-corrected chi connectivity index (χ1v) is 10.4. The quantitative estimate of drug-likeness (QED) is 0.555. The smallest absolute Gasteiger partial charge is 0.407 e. The maximum Gasteiger partial charge on any atom is 0.407 e. The highest BCUT2D eigenvalue weighted by atomic mass is 79.9. The van der Waals surface area contributed by atoms with E-state index in [-0.39, 0.29) is 6.04 Å². The van der Waals surface area contributed by atoms with Gasteiger partial charge in [-0.05, 0) is 34.0 Å². The van der Waals surface area contributed by atoms with Crippen molar-refractivity contribution in [3.8, 4) is 0 Å². The standard InChI is InChI=1S/C20H21BrN6O2/c21-14-8-24-19-17(15(9-25-19)23-7-12-2-1-4-22-6-12)18(14)27-5-3-13-10-26(20(28)29)11-16(13)27/h1-2,4,6,8-9,13,16,23H,3,5,7,10-11H2,(H,24,25)(H,28,29). The van der Waals surface area contributed by atoms with E-state index < -0.39 is 6.09 Å². The predicted octanol–water partition coefficient (Wildman–Crippen LogP) is 3.52. The van der Waals surface area contributed by atoms with E-state index in [4.69, 9.17) is 0 Å². The van der Waals surface area contributed by atoms with Crippen molar-refractivity contribution in [1.82, 2.24) is 19.9 Å². The molecule has 2 aliphatic rings. The Kier molecular flexibility index (Phi) is 4.54. The van der Waals surface area contributed by atoms with Crippen molar-refractivity contribution in [1.29, 1.82) is 0 Å². The molecular weight excluding hydrogens is 436 g/mol. The molecule has 29 heavy (non-hydrogen) atoms. The van der Waals surface area contributed by atoms with Gasteiger partial charge in [-0.3, -0.25) is 4.98 Å². The summed E-state index contributed by atoms with van der Waals surface area (Å²) >= 11 is 3.70. The highest BCUT2D eigenvalue weighted by Gasteiger charge is 2.44. The topological polar surface area (TPSA) is 97.4 Å². The molecule has 0 bridgehead atoms. The van der Waals surface area contributed by atoms with Gasteiger partial charge in [0.2, 0.25) is 0 Å². The third kappa shape index (κ3) is 3.19. The Balaban J connectivity index is 1.49. The highest BCUT2D eigenvalue weighted by Crippen LogP contribution is 2.43. The van der Waals surface area contributed by atoms with Crippen LogP contribution in [0.1, 0.15) is 12.0 Å². The molecule has 5 heterocycles. The van der Waals surface area contributed by atoms with Crippen LogP contribution in [0, 0.1) is 5.92 Å². The van der Waals surface area contributed by atoms with Gasteiger partial charge in [0.15, 0.2) is 0 Å². The number of nitrogens with one attached hydrogen (secondary N) is 2. The highest BCUT2D eigenvalue weighted by molar-refractivity contribution is 9.10. The van der Waals surface area contributed by atoms with E-state index in [1.807, 2.05) is 30.7 Å². The average molecular weight is 457 g/mol. The minimum absolute atomic E-state index is 0.189. The van der Waals surface area contributed by atoms with Gasteiger partial charge < -0.3 is 25.2 Å². The Labute approximate surface area is 176 Å². The number of hydrogen-bond acceptors (Lipinski definition) is 5. The summed E-state index contributed by atoms with van der Waals surface area (Å²) in [6.07, 6.45) is 7.53. The number of halogens is 1. The summed E-state index contributed by atoms with van der Waals surface area (Å²) in [5.74, 6) is 0.368. The number of nitrogens with zero attached hydrogens (tertiary/aromatic N) is 4. The number of rotatable bonds is 4. The lowest BCUT2D eigenvalue weighted by Crippen LogP contribution is -2.37. The molecule has 0 radical (unpaired) electrons. The molecule has 3 aromatic heterocycles. The molecule has 2 aliphatic heterocycles. The first-order valence-electron chi connectivity index (χ1n) is 9.64. The number of carbonyl (C=O) groups is 1. The van der Waals surface area contributed by atoms with Crippen molar-refractivity contribution in [3.05, 3.63) is 47.0 Å². The van der Waals surface area contributed by atoms with Crippen molar-refractivity contribution >= 4 is 44.4 Å². The van der Waals surface area contributed by atoms with E-state index in [1.165, 1.54) is 4.90 Å². The van der Waals surface area contributed by atoms with Crippen molar-refractivity contribution in [2.75, 3.05) is 29.9 Å². The van der Waals surface area contributed by atoms with Crippen LogP contribution in [-0.4, -0.2) is 56.7 Å². The van der Waals surface area contributed by atoms with Gasteiger partial charge in [-0.2, -0.15) is 0 Å². The summed E-state index contributed by atoms with van der Waals surface area (Å²) < 4.78 is 0.920. The first kappa shape index (κ1) is 18.2. The van der Waals surface area contributed by atoms with Gasteiger partial charge in [-0.15, -0.1) is 0 Å². The fourth-order valence-electron chi connectivity index (χ4n) is 4.57. The van der Waals surface area contributed by atoms with Gasteiger partial charge in [0.25, 0.3) is 0 Å². The molecule has 8 nitrogen and oxygen atoms in total. The lowest BCUT2D eigenvalue weighted by Gasteiger charge is -2.28. The summed E-state index contributed by atoms with van der Waals surface area (Å²) in [4.78, 5) is 27.3. The molecule has 3 aromatic rings. The zero-order valence-electron chi connectivity index (χ0n) is 15.7. The van der Waals surface area contributed by atoms with Crippen LogP contribution in [0.15, 0.2) is 41.4 Å². The second kappa shape index (κ2) is 7.22. The van der Waals surface area contributed by atoms with Gasteiger partial charge in [0.1, 0.15) is 5.65 Å². The van der Waals surface area contributed by atoms with Crippen LogP contribution >= 0.6 is 15.9 Å². The molecule has 150 valence electrons. The van der Waals surface area contributed by atoms with Crippen LogP contribution in [0.5, 0.6) is 0 Å². The minimum atomic E-state index is -0.834. The summed E-state index contributed by atoms with van der Waals surface area (Å²) in [7, 11) is 0. The number of aromatic amines is 1. The maximum absolute atomic E-state index is 11.5. The van der Waals surface area contributed by atoms with Crippen LogP contribution in [0.2, 0.25) is 0 Å². The SMILES string of the molecule is O=C(O)N1CC2CCN(c3c(Br)cnc4[nH]cc(NCc5cccnc5)c34)C2C1. The van der Waals surface area contributed by atoms with E-state index in [0.29, 0.717) is 25.6 Å². The molecule has 0 aromatic carbocycles. The van der Waals surface area contributed by atoms with E-state index in [0.717, 1.165) is 45.4 Å². The molecule has 2 unspecified atom stereocenters. The van der Waals surface area contributed by atoms with Crippen LogP contribution in [0.4, 0.5) is 16.2 Å². The molecule has 2 saturated heterocycles. The molecule has 0 aliphatic carbocycles. The Hall–Kier alpha value is -2.81. The van der Waals surface area contributed by atoms with Gasteiger partial charge >= 0.3 is 6.09 Å². The molecule has 0 spiro atoms. The summed E-state index contributed by atoms with van der Waals surface area (Å²) in [5.41, 5.74) is 3.96. The predicted molar refractivity (Wildman–Crippen MR) is 114 cm³/mol. The normalized spacial score (nSPS) is 21.0. The Bertz CT molecular complexity index is 1060. The van der Waals surface area contributed by atoms with E-state index in [9.17, 15) is 9.90 Å². The number of aromatic nitrogens is 3. The number of amides is 1. The lowest BCUT2D eigenvalue weighted by atomic mass is 10.0. The van der Waals surface area contributed by atoms with Crippen LogP contribution in [0.25, 0.3) is 11.0 Å². The number of anilines is 2. The molecule has 0 saturated carbocycles. The molecule has 1 amide bonds. The molecule has 9 heteroatoms. The maximum atomic E-state index is 11.5. The van der Waals surface area contributed by atoms with Crippen LogP contribution in [0.3, 0.4) is 0 Å². The molecule has 5 rings (SSSR count). The fraction of sp³-hybridized carbons (Fsp3) is 0.350. The third-order valence-corrected chi connectivity index (χ3v) is 6.52. The van der Waals surface area contributed by atoms with E-state index in [1.54, 1.807) is 6.20 Å². The zero-order valence-corrected chi connectivity index (χ0v) is 17.3. The Morgan fingerprint density at radius 1 is 1.38 bits per heavy atom. The largest absolute Gasteiger partial charge is 0.465 e. The molecule has 3 N–H and O–H groups in total. The number of likely N-dealkylation sites (tertiary alicyclic amines) is 1. The van der Waals surface area contributed by atoms with Gasteiger partial charge in [-0.25, -0.2) is 9.78 Å². The Morgan fingerprint density at radius 2 is 2.28 bits per heavy atom. The second-order valence-electron chi connectivity index (χ2n) is 7.59. The number of fused-ring (bicyclic) bond motifs is 2. The zero-order chi connectivity index (χ0) is 20.0. The summed E-state index contributed by atoms with van der Waals surface area (Å²) in [6.45, 7) is 2.72. The monoisotopic (exact) mass is 456 g/mol. The van der Waals surface area contributed by atoms with E-state index in [2.05, 4.69) is 41.1 Å². The minimum Gasteiger partial charge on any atom is -0.465 e.